The molecule has 32 heavy (non-hydrogen) atoms. The highest BCUT2D eigenvalue weighted by molar-refractivity contribution is 7.89. The summed E-state index contributed by atoms with van der Waals surface area (Å²) in [5.74, 6) is -0.806. The fraction of sp³-hybridized carbons (Fsp3) is 0.238. The maximum Gasteiger partial charge on any atom is 0.304 e. The number of aryl methyl sites for hydroxylation is 1. The standard InChI is InChI=1S/C21H23N5O5S/c1-14(15-7-9-16(10-8-15)32(30,31)22-12-11-21(28)29)24-25-20(27)13-19-23-17-5-3-4-6-18(17)26(19)2/h3-10,22H,11-13H2,1-2H3,(H,25,27)(H,28,29)/b24-14-. The molecular formula is C21H23N5O5S. The Balaban J connectivity index is 1.62. The summed E-state index contributed by atoms with van der Waals surface area (Å²) in [5, 5.41) is 12.7. The Hall–Kier alpha value is -3.57. The summed E-state index contributed by atoms with van der Waals surface area (Å²) in [6.45, 7) is 1.49. The number of sulfonamides is 1. The minimum absolute atomic E-state index is 0.00493. The highest BCUT2D eigenvalue weighted by Gasteiger charge is 2.15. The van der Waals surface area contributed by atoms with Crippen LogP contribution in [-0.4, -0.2) is 47.2 Å². The number of hydrogen-bond acceptors (Lipinski definition) is 6. The van der Waals surface area contributed by atoms with Gasteiger partial charge in [-0.15, -0.1) is 0 Å². The molecule has 1 amide bonds. The topological polar surface area (TPSA) is 143 Å². The van der Waals surface area contributed by atoms with Crippen molar-refractivity contribution in [1.29, 1.82) is 0 Å². The van der Waals surface area contributed by atoms with Gasteiger partial charge in [0.1, 0.15) is 5.82 Å². The second kappa shape index (κ2) is 9.71. The van der Waals surface area contributed by atoms with Crippen LogP contribution >= 0.6 is 0 Å². The highest BCUT2D eigenvalue weighted by Crippen LogP contribution is 2.15. The van der Waals surface area contributed by atoms with Gasteiger partial charge in [-0.3, -0.25) is 9.59 Å². The molecule has 3 rings (SSSR count). The van der Waals surface area contributed by atoms with E-state index < -0.39 is 16.0 Å². The van der Waals surface area contributed by atoms with Gasteiger partial charge in [0.15, 0.2) is 0 Å². The number of carbonyl (C=O) groups is 2. The Morgan fingerprint density at radius 2 is 1.81 bits per heavy atom. The average Bonchev–Trinajstić information content (AvgIpc) is 3.07. The molecule has 0 unspecified atom stereocenters. The maximum absolute atomic E-state index is 12.3. The van der Waals surface area contributed by atoms with Crippen molar-refractivity contribution < 1.29 is 23.1 Å². The van der Waals surface area contributed by atoms with Crippen molar-refractivity contribution in [2.75, 3.05) is 6.54 Å². The van der Waals surface area contributed by atoms with E-state index in [-0.39, 0.29) is 30.2 Å². The van der Waals surface area contributed by atoms with Gasteiger partial charge in [0.05, 0.1) is 34.5 Å². The molecule has 0 saturated carbocycles. The van der Waals surface area contributed by atoms with Gasteiger partial charge in [0, 0.05) is 13.6 Å². The zero-order chi connectivity index (χ0) is 23.3. The van der Waals surface area contributed by atoms with Crippen LogP contribution in [0.5, 0.6) is 0 Å². The molecule has 0 saturated heterocycles. The molecule has 3 aromatic rings. The molecular weight excluding hydrogens is 434 g/mol. The quantitative estimate of drug-likeness (QED) is 0.327. The van der Waals surface area contributed by atoms with Crippen LogP contribution in [0.3, 0.4) is 0 Å². The molecule has 0 fully saturated rings. The van der Waals surface area contributed by atoms with E-state index in [0.717, 1.165) is 11.0 Å². The summed E-state index contributed by atoms with van der Waals surface area (Å²) in [6.07, 6.45) is -0.252. The molecule has 0 aliphatic rings. The van der Waals surface area contributed by atoms with Crippen molar-refractivity contribution in [3.8, 4) is 0 Å². The number of aromatic nitrogens is 2. The number of para-hydroxylation sites is 2. The van der Waals surface area contributed by atoms with Crippen LogP contribution < -0.4 is 10.1 Å². The van der Waals surface area contributed by atoms with Gasteiger partial charge in [0.2, 0.25) is 15.9 Å². The van der Waals surface area contributed by atoms with Crippen LogP contribution in [0.4, 0.5) is 0 Å². The number of imidazole rings is 1. The van der Waals surface area contributed by atoms with E-state index in [1.54, 1.807) is 19.1 Å². The number of hydrazone groups is 1. The number of fused-ring (bicyclic) bond motifs is 1. The molecule has 1 aromatic heterocycles. The maximum atomic E-state index is 12.3. The molecule has 0 bridgehead atoms. The first-order valence-electron chi connectivity index (χ1n) is 9.73. The lowest BCUT2D eigenvalue weighted by Gasteiger charge is -2.07. The van der Waals surface area contributed by atoms with E-state index in [1.807, 2.05) is 35.9 Å². The SMILES string of the molecule is C/C(=N/NC(=O)Cc1nc2ccccc2n1C)c1ccc(S(=O)(=O)NCCC(=O)O)cc1. The lowest BCUT2D eigenvalue weighted by atomic mass is 10.1. The predicted molar refractivity (Wildman–Crippen MR) is 119 cm³/mol. The molecule has 10 nitrogen and oxygen atoms in total. The van der Waals surface area contributed by atoms with Crippen LogP contribution in [0.2, 0.25) is 0 Å². The average molecular weight is 458 g/mol. The fourth-order valence-corrected chi connectivity index (χ4v) is 4.03. The number of carboxylic acids is 1. The van der Waals surface area contributed by atoms with Crippen LogP contribution in [-0.2, 0) is 33.1 Å². The first-order valence-corrected chi connectivity index (χ1v) is 11.2. The van der Waals surface area contributed by atoms with Gasteiger partial charge in [-0.25, -0.2) is 23.5 Å². The number of amides is 1. The number of aliphatic carboxylic acids is 1. The van der Waals surface area contributed by atoms with E-state index >= 15 is 0 Å². The van der Waals surface area contributed by atoms with Gasteiger partial charge in [-0.1, -0.05) is 24.3 Å². The number of carbonyl (C=O) groups excluding carboxylic acids is 1. The Kier molecular flexibility index (Phi) is 7.01. The summed E-state index contributed by atoms with van der Waals surface area (Å²) >= 11 is 0. The molecule has 0 aliphatic carbocycles. The second-order valence-electron chi connectivity index (χ2n) is 7.05. The molecule has 0 radical (unpaired) electrons. The van der Waals surface area contributed by atoms with Crippen molar-refractivity contribution >= 4 is 38.6 Å². The lowest BCUT2D eigenvalue weighted by Crippen LogP contribution is -2.26. The molecule has 1 heterocycles. The van der Waals surface area contributed by atoms with Crippen LogP contribution in [0.15, 0.2) is 58.5 Å². The molecule has 0 atom stereocenters. The largest absolute Gasteiger partial charge is 0.481 e. The Bertz CT molecular complexity index is 1280. The smallest absolute Gasteiger partial charge is 0.304 e. The summed E-state index contributed by atoms with van der Waals surface area (Å²) < 4.78 is 28.4. The van der Waals surface area contributed by atoms with Crippen LogP contribution in [0.25, 0.3) is 11.0 Å². The van der Waals surface area contributed by atoms with Crippen molar-refractivity contribution in [2.24, 2.45) is 12.1 Å². The minimum Gasteiger partial charge on any atom is -0.481 e. The number of rotatable bonds is 9. The van der Waals surface area contributed by atoms with Gasteiger partial charge < -0.3 is 9.67 Å². The predicted octanol–water partition coefficient (Wildman–Crippen LogP) is 1.41. The summed E-state index contributed by atoms with van der Waals surface area (Å²) in [7, 11) is -1.96. The van der Waals surface area contributed by atoms with E-state index in [9.17, 15) is 18.0 Å². The third-order valence-corrected chi connectivity index (χ3v) is 6.24. The minimum atomic E-state index is -3.81. The number of nitrogens with zero attached hydrogens (tertiary/aromatic N) is 3. The number of benzene rings is 2. The van der Waals surface area contributed by atoms with E-state index in [2.05, 4.69) is 20.2 Å². The lowest BCUT2D eigenvalue weighted by molar-refractivity contribution is -0.136. The van der Waals surface area contributed by atoms with Crippen LogP contribution in [0.1, 0.15) is 24.7 Å². The third kappa shape index (κ3) is 5.56. The van der Waals surface area contributed by atoms with E-state index in [0.29, 0.717) is 17.1 Å². The zero-order valence-electron chi connectivity index (χ0n) is 17.6. The Labute approximate surface area is 185 Å². The molecule has 0 aliphatic heterocycles. The van der Waals surface area contributed by atoms with Gasteiger partial charge >= 0.3 is 5.97 Å². The van der Waals surface area contributed by atoms with Gasteiger partial charge in [-0.2, -0.15) is 5.10 Å². The Morgan fingerprint density at radius 3 is 2.47 bits per heavy atom. The van der Waals surface area contributed by atoms with Crippen LogP contribution in [0, 0.1) is 0 Å². The summed E-state index contributed by atoms with van der Waals surface area (Å²) in [6, 6.07) is 13.5. The molecule has 11 heteroatoms. The molecule has 2 aromatic carbocycles. The van der Waals surface area contributed by atoms with Crippen molar-refractivity contribution in [2.45, 2.75) is 24.7 Å². The highest BCUT2D eigenvalue weighted by atomic mass is 32.2. The Morgan fingerprint density at radius 1 is 1.12 bits per heavy atom. The van der Waals surface area contributed by atoms with Gasteiger partial charge in [0.25, 0.3) is 0 Å². The van der Waals surface area contributed by atoms with E-state index in [4.69, 9.17) is 5.11 Å². The normalized spacial score (nSPS) is 12.1. The first-order chi connectivity index (χ1) is 15.2. The van der Waals surface area contributed by atoms with E-state index in [1.165, 1.54) is 12.1 Å². The van der Waals surface area contributed by atoms with Crippen molar-refractivity contribution in [3.63, 3.8) is 0 Å². The number of nitrogens with one attached hydrogen (secondary N) is 2. The van der Waals surface area contributed by atoms with Crippen molar-refractivity contribution in [1.82, 2.24) is 19.7 Å². The zero-order valence-corrected chi connectivity index (χ0v) is 18.4. The third-order valence-electron chi connectivity index (χ3n) is 4.76. The van der Waals surface area contributed by atoms with Gasteiger partial charge in [-0.05, 0) is 36.8 Å². The number of carboxylic acid groups (broad SMARTS) is 1. The summed E-state index contributed by atoms with van der Waals surface area (Å²) in [4.78, 5) is 27.3. The molecule has 168 valence electrons. The molecule has 3 N–H and O–H groups in total. The summed E-state index contributed by atoms with van der Waals surface area (Å²) in [5.41, 5.74) is 5.35. The second-order valence-corrected chi connectivity index (χ2v) is 8.82. The monoisotopic (exact) mass is 457 g/mol. The first kappa shape index (κ1) is 23.1. The molecule has 0 spiro atoms. The number of hydrogen-bond donors (Lipinski definition) is 3. The van der Waals surface area contributed by atoms with Crippen molar-refractivity contribution in [3.05, 3.63) is 59.9 Å². The fourth-order valence-electron chi connectivity index (χ4n) is 3.00.